The molecular weight excluding hydrogens is 744 g/mol. The van der Waals surface area contributed by atoms with Crippen LogP contribution in [0.4, 0.5) is 22.7 Å². The number of amides is 5. The minimum absolute atomic E-state index is 0.0691. The zero-order chi connectivity index (χ0) is 39.8. The van der Waals surface area contributed by atoms with E-state index >= 15 is 0 Å². The molecule has 13 nitrogen and oxygen atoms in total. The third-order valence-electron chi connectivity index (χ3n) is 12.4. The monoisotopic (exact) mass is 790 g/mol. The number of piperidine rings is 2. The Balaban J connectivity index is 0.791. The molecule has 0 radical (unpaired) electrons. The van der Waals surface area contributed by atoms with E-state index < -0.39 is 29.7 Å². The van der Waals surface area contributed by atoms with Crippen molar-refractivity contribution in [2.45, 2.75) is 51.1 Å². The number of hydrogen-bond acceptors (Lipinski definition) is 9. The van der Waals surface area contributed by atoms with Crippen molar-refractivity contribution in [2.24, 2.45) is 5.92 Å². The van der Waals surface area contributed by atoms with Crippen LogP contribution in [0.2, 0.25) is 5.02 Å². The molecular formula is C43H47ClN8O5. The first kappa shape index (κ1) is 38.4. The molecule has 5 aliphatic rings. The van der Waals surface area contributed by atoms with E-state index in [4.69, 9.17) is 18.2 Å². The number of piperazine rings is 1. The molecule has 5 amide bonds. The van der Waals surface area contributed by atoms with Crippen molar-refractivity contribution < 1.29 is 24.0 Å². The predicted octanol–water partition coefficient (Wildman–Crippen LogP) is 5.07. The summed E-state index contributed by atoms with van der Waals surface area (Å²) < 4.78 is 0. The summed E-state index contributed by atoms with van der Waals surface area (Å²) in [6.07, 6.45) is 3.19. The Kier molecular flexibility index (Phi) is 10.9. The molecule has 57 heavy (non-hydrogen) atoms. The third kappa shape index (κ3) is 7.81. The highest BCUT2D eigenvalue weighted by atomic mass is 35.5. The Bertz CT molecular complexity index is 2120. The summed E-state index contributed by atoms with van der Waals surface area (Å²) in [5.41, 5.74) is 4.80. The molecule has 0 aliphatic carbocycles. The van der Waals surface area contributed by atoms with Gasteiger partial charge in [-0.2, -0.15) is 0 Å². The standard InChI is InChI=1S/C43H47ClN8O5/c1-28-13-16-49(23-24-51(28)33-8-10-37(45-2)36(44)26-33)31-5-3-30(4-6-31)41(55)50-21-19-47(20-22-50)27-29-14-17-48(18-15-29)32-7-9-34-35(25-32)43(57)52(42(34)56)38-11-12-39(53)46-40(38)54/h3-10,25-26,28-29,38H,11-24,27H2,1H3,(H,46,53,54)/t28-,38?/m0/s1. The van der Waals surface area contributed by atoms with Crippen LogP contribution in [0, 0.1) is 12.5 Å². The quantitative estimate of drug-likeness (QED) is 0.259. The van der Waals surface area contributed by atoms with Crippen LogP contribution < -0.4 is 20.0 Å². The molecule has 5 heterocycles. The molecule has 8 rings (SSSR count). The second-order valence-electron chi connectivity index (χ2n) is 15.8. The average molecular weight is 791 g/mol. The summed E-state index contributed by atoms with van der Waals surface area (Å²) in [4.78, 5) is 79.9. The van der Waals surface area contributed by atoms with E-state index in [-0.39, 0.29) is 18.7 Å². The lowest BCUT2D eigenvalue weighted by Gasteiger charge is -2.39. The van der Waals surface area contributed by atoms with Crippen LogP contribution in [-0.2, 0) is 9.59 Å². The lowest BCUT2D eigenvalue weighted by Crippen LogP contribution is -2.54. The van der Waals surface area contributed by atoms with Gasteiger partial charge < -0.3 is 19.6 Å². The Hall–Kier alpha value is -5.45. The second-order valence-corrected chi connectivity index (χ2v) is 16.2. The smallest absolute Gasteiger partial charge is 0.262 e. The summed E-state index contributed by atoms with van der Waals surface area (Å²) in [6.45, 7) is 17.8. The van der Waals surface area contributed by atoms with E-state index in [2.05, 4.69) is 48.8 Å². The maximum absolute atomic E-state index is 13.5. The third-order valence-corrected chi connectivity index (χ3v) is 12.7. The van der Waals surface area contributed by atoms with Crippen LogP contribution in [0.5, 0.6) is 0 Å². The number of benzene rings is 3. The minimum Gasteiger partial charge on any atom is -0.371 e. The molecule has 0 spiro atoms. The molecule has 1 N–H and O–H groups in total. The second kappa shape index (κ2) is 16.2. The Morgan fingerprint density at radius 3 is 2.12 bits per heavy atom. The van der Waals surface area contributed by atoms with Gasteiger partial charge in [0, 0.05) is 106 Å². The van der Waals surface area contributed by atoms with Gasteiger partial charge in [-0.1, -0.05) is 17.7 Å². The lowest BCUT2D eigenvalue weighted by molar-refractivity contribution is -0.136. The Morgan fingerprint density at radius 2 is 1.42 bits per heavy atom. The van der Waals surface area contributed by atoms with Crippen molar-refractivity contribution in [3.05, 3.63) is 93.8 Å². The van der Waals surface area contributed by atoms with Crippen molar-refractivity contribution in [1.29, 1.82) is 0 Å². The first-order chi connectivity index (χ1) is 27.6. The molecule has 0 bridgehead atoms. The number of nitrogens with one attached hydrogen (secondary N) is 1. The van der Waals surface area contributed by atoms with E-state index in [9.17, 15) is 24.0 Å². The molecule has 296 valence electrons. The van der Waals surface area contributed by atoms with Gasteiger partial charge in [0.15, 0.2) is 0 Å². The van der Waals surface area contributed by atoms with Gasteiger partial charge >= 0.3 is 0 Å². The van der Waals surface area contributed by atoms with Crippen molar-refractivity contribution in [2.75, 3.05) is 80.1 Å². The summed E-state index contributed by atoms with van der Waals surface area (Å²) in [7, 11) is 0. The van der Waals surface area contributed by atoms with Crippen molar-refractivity contribution >= 4 is 63.9 Å². The summed E-state index contributed by atoms with van der Waals surface area (Å²) >= 11 is 6.36. The number of carbonyl (C=O) groups is 5. The van der Waals surface area contributed by atoms with E-state index in [1.165, 1.54) is 0 Å². The molecule has 0 saturated carbocycles. The number of nitrogens with zero attached hydrogens (tertiary/aromatic N) is 7. The number of anilines is 3. The van der Waals surface area contributed by atoms with E-state index in [0.29, 0.717) is 52.4 Å². The maximum Gasteiger partial charge on any atom is 0.262 e. The minimum atomic E-state index is -0.974. The van der Waals surface area contributed by atoms with Crippen LogP contribution in [0.25, 0.3) is 4.85 Å². The van der Waals surface area contributed by atoms with E-state index in [0.717, 1.165) is 93.6 Å². The topological polar surface area (TPSA) is 121 Å². The largest absolute Gasteiger partial charge is 0.371 e. The number of imide groups is 2. The number of halogens is 1. The number of carbonyl (C=O) groups excluding carboxylic acids is 5. The number of fused-ring (bicyclic) bond motifs is 1. The predicted molar refractivity (Wildman–Crippen MR) is 218 cm³/mol. The molecule has 3 aromatic carbocycles. The Morgan fingerprint density at radius 1 is 0.754 bits per heavy atom. The molecule has 2 atom stereocenters. The van der Waals surface area contributed by atoms with Gasteiger partial charge in [0.05, 0.1) is 17.7 Å². The van der Waals surface area contributed by atoms with Gasteiger partial charge in [-0.15, -0.1) is 0 Å². The van der Waals surface area contributed by atoms with Gasteiger partial charge in [-0.05, 0) is 93.1 Å². The highest BCUT2D eigenvalue weighted by Crippen LogP contribution is 2.34. The average Bonchev–Trinajstić information content (AvgIpc) is 3.33. The fourth-order valence-corrected chi connectivity index (χ4v) is 9.21. The maximum atomic E-state index is 13.5. The molecule has 4 fully saturated rings. The molecule has 0 aromatic heterocycles. The fraction of sp³-hybridized carbons (Fsp3) is 0.442. The van der Waals surface area contributed by atoms with Crippen LogP contribution in [0.15, 0.2) is 60.7 Å². The molecule has 1 unspecified atom stereocenters. The van der Waals surface area contributed by atoms with Crippen LogP contribution in [0.3, 0.4) is 0 Å². The van der Waals surface area contributed by atoms with Gasteiger partial charge in [-0.3, -0.25) is 39.1 Å². The van der Waals surface area contributed by atoms with Crippen LogP contribution >= 0.6 is 11.6 Å². The van der Waals surface area contributed by atoms with Gasteiger partial charge in [0.2, 0.25) is 17.5 Å². The highest BCUT2D eigenvalue weighted by molar-refractivity contribution is 6.33. The van der Waals surface area contributed by atoms with Crippen LogP contribution in [-0.4, -0.2) is 122 Å². The number of hydrogen-bond donors (Lipinski definition) is 1. The summed E-state index contributed by atoms with van der Waals surface area (Å²) in [5, 5.41) is 2.72. The SMILES string of the molecule is [C-]#[N+]c1ccc(N2CCN(c3ccc(C(=O)N4CCN(CC5CCN(c6ccc7c(c6)C(=O)N(C6CCC(=O)NC6=O)C7=O)CC5)CC4)cc3)CC[C@@H]2C)cc1Cl. The molecule has 4 saturated heterocycles. The lowest BCUT2D eigenvalue weighted by atomic mass is 9.95. The zero-order valence-corrected chi connectivity index (χ0v) is 32.9. The highest BCUT2D eigenvalue weighted by Gasteiger charge is 2.45. The Labute approximate surface area is 337 Å². The van der Waals surface area contributed by atoms with Crippen molar-refractivity contribution in [3.63, 3.8) is 0 Å². The zero-order valence-electron chi connectivity index (χ0n) is 32.2. The van der Waals surface area contributed by atoms with Gasteiger partial charge in [-0.25, -0.2) is 4.85 Å². The number of rotatable bonds is 7. The van der Waals surface area contributed by atoms with Gasteiger partial charge in [0.1, 0.15) is 6.04 Å². The first-order valence-electron chi connectivity index (χ1n) is 20.0. The molecule has 3 aromatic rings. The summed E-state index contributed by atoms with van der Waals surface area (Å²) in [6, 6.07) is 18.4. The van der Waals surface area contributed by atoms with Crippen molar-refractivity contribution in [1.82, 2.24) is 20.0 Å². The normalized spacial score (nSPS) is 22.4. The molecule has 5 aliphatic heterocycles. The first-order valence-corrected chi connectivity index (χ1v) is 20.4. The van der Waals surface area contributed by atoms with E-state index in [1.807, 2.05) is 35.2 Å². The fourth-order valence-electron chi connectivity index (χ4n) is 8.99. The van der Waals surface area contributed by atoms with Crippen LogP contribution in [0.1, 0.15) is 70.1 Å². The van der Waals surface area contributed by atoms with E-state index in [1.54, 1.807) is 18.2 Å². The molecule has 14 heteroatoms. The van der Waals surface area contributed by atoms with Crippen molar-refractivity contribution in [3.8, 4) is 0 Å². The van der Waals surface area contributed by atoms with Gasteiger partial charge in [0.25, 0.3) is 17.7 Å². The summed E-state index contributed by atoms with van der Waals surface area (Å²) in [5.74, 6) is -1.39.